The monoisotopic (exact) mass is 669 g/mol. The molecule has 4 rings (SSSR count). The molecular formula is C30H28IN3O7. The van der Waals surface area contributed by atoms with Gasteiger partial charge >= 0.3 is 6.03 Å². The van der Waals surface area contributed by atoms with E-state index in [2.05, 4.69) is 10.6 Å². The maximum absolute atomic E-state index is 13.3. The SMILES string of the molecule is CCOc1cc(/C=C2\C(=O)NC(=O)N(c3ccc(OC)cc3)C2=O)cc(I)c1OCC(=O)Nc1ccc(C)cc1C. The van der Waals surface area contributed by atoms with Crippen LogP contribution in [0.25, 0.3) is 6.08 Å². The first-order chi connectivity index (χ1) is 19.6. The van der Waals surface area contributed by atoms with Gasteiger partial charge in [0.2, 0.25) is 0 Å². The van der Waals surface area contributed by atoms with Gasteiger partial charge in [-0.15, -0.1) is 0 Å². The lowest BCUT2D eigenvalue weighted by molar-refractivity contribution is -0.122. The summed E-state index contributed by atoms with van der Waals surface area (Å²) in [6.07, 6.45) is 1.38. The van der Waals surface area contributed by atoms with Gasteiger partial charge in [-0.25, -0.2) is 9.69 Å². The predicted molar refractivity (Wildman–Crippen MR) is 162 cm³/mol. The Morgan fingerprint density at radius 2 is 1.76 bits per heavy atom. The molecule has 1 aliphatic rings. The summed E-state index contributed by atoms with van der Waals surface area (Å²) in [4.78, 5) is 52.0. The standard InChI is InChI=1S/C30H28IN3O7/c1-5-40-25-15-19(14-23(31)27(25)41-16-26(35)32-24-11-6-17(2)12-18(24)3)13-22-28(36)33-30(38)34(29(22)37)20-7-9-21(39-4)10-8-20/h6-15H,5,16H2,1-4H3,(H,32,35)(H,33,36,38)/b22-13+. The van der Waals surface area contributed by atoms with E-state index < -0.39 is 17.8 Å². The molecule has 2 N–H and O–H groups in total. The second-order valence-corrected chi connectivity index (χ2v) is 10.2. The van der Waals surface area contributed by atoms with E-state index >= 15 is 0 Å². The molecule has 3 aromatic carbocycles. The fraction of sp³-hybridized carbons (Fsp3) is 0.200. The summed E-state index contributed by atoms with van der Waals surface area (Å²) in [7, 11) is 1.50. The van der Waals surface area contributed by atoms with Crippen LogP contribution in [0.1, 0.15) is 23.6 Å². The number of barbiturate groups is 1. The predicted octanol–water partition coefficient (Wildman–Crippen LogP) is 5.00. The Balaban J connectivity index is 1.57. The Kier molecular flexibility index (Phi) is 9.28. The number of rotatable bonds is 9. The highest BCUT2D eigenvalue weighted by molar-refractivity contribution is 14.1. The molecule has 0 atom stereocenters. The number of hydrogen-bond acceptors (Lipinski definition) is 7. The Labute approximate surface area is 250 Å². The maximum Gasteiger partial charge on any atom is 0.335 e. The number of aryl methyl sites for hydroxylation is 2. The zero-order valence-electron chi connectivity index (χ0n) is 22.9. The molecule has 212 valence electrons. The lowest BCUT2D eigenvalue weighted by Crippen LogP contribution is -2.54. The molecule has 1 aliphatic heterocycles. The molecule has 0 saturated carbocycles. The number of nitrogens with zero attached hydrogens (tertiary/aromatic N) is 1. The van der Waals surface area contributed by atoms with Crippen LogP contribution in [0.2, 0.25) is 0 Å². The first-order valence-electron chi connectivity index (χ1n) is 12.6. The van der Waals surface area contributed by atoms with Crippen molar-refractivity contribution >= 4 is 63.8 Å². The Hall–Kier alpha value is -4.39. The van der Waals surface area contributed by atoms with Crippen molar-refractivity contribution < 1.29 is 33.4 Å². The highest BCUT2D eigenvalue weighted by atomic mass is 127. The normalized spacial score (nSPS) is 14.1. The van der Waals surface area contributed by atoms with E-state index in [9.17, 15) is 19.2 Å². The first-order valence-corrected chi connectivity index (χ1v) is 13.7. The van der Waals surface area contributed by atoms with Crippen molar-refractivity contribution in [2.45, 2.75) is 20.8 Å². The Morgan fingerprint density at radius 3 is 2.41 bits per heavy atom. The number of hydrogen-bond donors (Lipinski definition) is 2. The van der Waals surface area contributed by atoms with Crippen LogP contribution in [0, 0.1) is 17.4 Å². The maximum atomic E-state index is 13.3. The average molecular weight is 669 g/mol. The number of benzene rings is 3. The van der Waals surface area contributed by atoms with Crippen molar-refractivity contribution in [3.05, 3.63) is 80.4 Å². The Morgan fingerprint density at radius 1 is 1.02 bits per heavy atom. The largest absolute Gasteiger partial charge is 0.497 e. The van der Waals surface area contributed by atoms with Gasteiger partial charge in [-0.1, -0.05) is 17.7 Å². The van der Waals surface area contributed by atoms with E-state index in [4.69, 9.17) is 14.2 Å². The van der Waals surface area contributed by atoms with Gasteiger partial charge < -0.3 is 19.5 Å². The number of imide groups is 2. The lowest BCUT2D eigenvalue weighted by atomic mass is 10.1. The zero-order valence-corrected chi connectivity index (χ0v) is 25.0. The molecule has 0 aromatic heterocycles. The van der Waals surface area contributed by atoms with E-state index in [1.54, 1.807) is 43.3 Å². The van der Waals surface area contributed by atoms with Crippen LogP contribution in [0.4, 0.5) is 16.2 Å². The van der Waals surface area contributed by atoms with Gasteiger partial charge in [0.1, 0.15) is 11.3 Å². The molecule has 5 amide bonds. The molecule has 1 fully saturated rings. The number of amides is 5. The number of ether oxygens (including phenoxy) is 3. The molecule has 0 aliphatic carbocycles. The number of anilines is 2. The summed E-state index contributed by atoms with van der Waals surface area (Å²) in [5, 5.41) is 5.05. The highest BCUT2D eigenvalue weighted by Gasteiger charge is 2.37. The van der Waals surface area contributed by atoms with Crippen molar-refractivity contribution in [3.8, 4) is 17.2 Å². The van der Waals surface area contributed by atoms with Gasteiger partial charge in [0.15, 0.2) is 18.1 Å². The van der Waals surface area contributed by atoms with Gasteiger partial charge in [0.25, 0.3) is 17.7 Å². The summed E-state index contributed by atoms with van der Waals surface area (Å²) in [6, 6.07) is 14.5. The molecule has 3 aromatic rings. The third-order valence-corrected chi connectivity index (χ3v) is 6.88. The number of urea groups is 1. The zero-order chi connectivity index (χ0) is 29.7. The smallest absolute Gasteiger partial charge is 0.335 e. The van der Waals surface area contributed by atoms with Crippen molar-refractivity contribution in [1.29, 1.82) is 0 Å². The van der Waals surface area contributed by atoms with Gasteiger partial charge in [-0.2, -0.15) is 0 Å². The summed E-state index contributed by atoms with van der Waals surface area (Å²) in [5.41, 5.74) is 3.24. The van der Waals surface area contributed by atoms with Gasteiger partial charge in [-0.05, 0) is 103 Å². The van der Waals surface area contributed by atoms with Gasteiger partial charge in [-0.3, -0.25) is 19.7 Å². The number of carbonyl (C=O) groups is 4. The molecule has 0 bridgehead atoms. The second-order valence-electron chi connectivity index (χ2n) is 9.07. The topological polar surface area (TPSA) is 123 Å². The van der Waals surface area contributed by atoms with E-state index in [0.717, 1.165) is 16.0 Å². The second kappa shape index (κ2) is 12.9. The van der Waals surface area contributed by atoms with E-state index in [1.165, 1.54) is 13.2 Å². The summed E-state index contributed by atoms with van der Waals surface area (Å²) >= 11 is 2.03. The van der Waals surface area contributed by atoms with Crippen molar-refractivity contribution in [2.75, 3.05) is 30.5 Å². The quantitative estimate of drug-likeness (QED) is 0.187. The van der Waals surface area contributed by atoms with E-state index in [0.29, 0.717) is 38.7 Å². The van der Waals surface area contributed by atoms with Crippen LogP contribution < -0.4 is 29.7 Å². The van der Waals surface area contributed by atoms with Crippen LogP contribution in [-0.4, -0.2) is 44.1 Å². The minimum Gasteiger partial charge on any atom is -0.497 e. The van der Waals surface area contributed by atoms with Gasteiger partial charge in [0.05, 0.1) is 23.0 Å². The molecule has 0 unspecified atom stereocenters. The minimum absolute atomic E-state index is 0.236. The fourth-order valence-electron chi connectivity index (χ4n) is 4.14. The lowest BCUT2D eigenvalue weighted by Gasteiger charge is -2.26. The molecule has 1 heterocycles. The number of methoxy groups -OCH3 is 1. The van der Waals surface area contributed by atoms with Crippen LogP contribution in [-0.2, 0) is 14.4 Å². The average Bonchev–Trinajstić information content (AvgIpc) is 2.92. The number of carbonyl (C=O) groups excluding carboxylic acids is 4. The molecule has 1 saturated heterocycles. The fourth-order valence-corrected chi connectivity index (χ4v) is 4.92. The van der Waals surface area contributed by atoms with E-state index in [-0.39, 0.29) is 23.8 Å². The van der Waals surface area contributed by atoms with Crippen LogP contribution >= 0.6 is 22.6 Å². The summed E-state index contributed by atoms with van der Waals surface area (Å²) in [5.74, 6) is -0.707. The summed E-state index contributed by atoms with van der Waals surface area (Å²) < 4.78 is 17.3. The molecule has 10 nitrogen and oxygen atoms in total. The van der Waals surface area contributed by atoms with Crippen molar-refractivity contribution in [1.82, 2.24) is 5.32 Å². The molecule has 0 spiro atoms. The van der Waals surface area contributed by atoms with Crippen molar-refractivity contribution in [2.24, 2.45) is 0 Å². The molecule has 0 radical (unpaired) electrons. The number of halogens is 1. The van der Waals surface area contributed by atoms with Crippen LogP contribution in [0.15, 0.2) is 60.2 Å². The summed E-state index contributed by atoms with van der Waals surface area (Å²) in [6.45, 7) is 5.73. The van der Waals surface area contributed by atoms with E-state index in [1.807, 2.05) is 54.6 Å². The minimum atomic E-state index is -0.852. The third-order valence-electron chi connectivity index (χ3n) is 6.08. The third kappa shape index (κ3) is 6.85. The molecular weight excluding hydrogens is 641 g/mol. The molecule has 11 heteroatoms. The Bertz CT molecular complexity index is 1550. The van der Waals surface area contributed by atoms with Crippen LogP contribution in [0.5, 0.6) is 17.2 Å². The van der Waals surface area contributed by atoms with Gasteiger partial charge in [0, 0.05) is 5.69 Å². The molecule has 41 heavy (non-hydrogen) atoms. The first kappa shape index (κ1) is 29.6. The number of nitrogens with one attached hydrogen (secondary N) is 2. The van der Waals surface area contributed by atoms with Crippen molar-refractivity contribution in [3.63, 3.8) is 0 Å². The van der Waals surface area contributed by atoms with Crippen LogP contribution in [0.3, 0.4) is 0 Å². The highest BCUT2D eigenvalue weighted by Crippen LogP contribution is 2.35.